The average Bonchev–Trinajstić information content (AvgIpc) is 2.17. The van der Waals surface area contributed by atoms with Gasteiger partial charge in [-0.3, -0.25) is 4.98 Å². The van der Waals surface area contributed by atoms with Crippen molar-refractivity contribution in [2.24, 2.45) is 0 Å². The Morgan fingerprint density at radius 3 is 2.75 bits per heavy atom. The van der Waals surface area contributed by atoms with Crippen molar-refractivity contribution in [1.29, 1.82) is 0 Å². The minimum Gasteiger partial charge on any atom is -0.315 e. The molecule has 0 saturated carbocycles. The highest BCUT2D eigenvalue weighted by Crippen LogP contribution is 2.29. The summed E-state index contributed by atoms with van der Waals surface area (Å²) in [5.41, 5.74) is 0.571. The molecule has 0 aromatic carbocycles. The zero-order valence-electron chi connectivity index (χ0n) is 10.5. The van der Waals surface area contributed by atoms with Gasteiger partial charge in [-0.15, -0.1) is 0 Å². The van der Waals surface area contributed by atoms with Gasteiger partial charge in [0.25, 0.3) is 0 Å². The fourth-order valence-electron chi connectivity index (χ4n) is 2.22. The number of rotatable bonds is 5. The van der Waals surface area contributed by atoms with E-state index in [1.165, 1.54) is 6.20 Å². The molecule has 1 unspecified atom stereocenters. The van der Waals surface area contributed by atoms with Crippen LogP contribution >= 0.6 is 0 Å². The fourth-order valence-corrected chi connectivity index (χ4v) is 2.22. The number of nitrogens with one attached hydrogen (secondary N) is 1. The standard InChI is InChI=1S/C13H21FN2/c1-5-16-10(2)8-13(3,4)11-6-7-15-9-12(11)14/h6-7,9-10,16H,5,8H2,1-4H3. The van der Waals surface area contributed by atoms with Crippen molar-refractivity contribution < 1.29 is 4.39 Å². The van der Waals surface area contributed by atoms with Crippen LogP contribution in [0.5, 0.6) is 0 Å². The molecule has 0 aliphatic rings. The molecule has 0 radical (unpaired) electrons. The van der Waals surface area contributed by atoms with Gasteiger partial charge >= 0.3 is 0 Å². The molecular weight excluding hydrogens is 203 g/mol. The van der Waals surface area contributed by atoms with Gasteiger partial charge in [0, 0.05) is 12.2 Å². The third-order valence-corrected chi connectivity index (χ3v) is 2.87. The Balaban J connectivity index is 2.81. The van der Waals surface area contributed by atoms with Crippen LogP contribution in [0.1, 0.15) is 39.7 Å². The van der Waals surface area contributed by atoms with E-state index in [9.17, 15) is 4.39 Å². The summed E-state index contributed by atoms with van der Waals surface area (Å²) in [6.45, 7) is 9.29. The lowest BCUT2D eigenvalue weighted by molar-refractivity contribution is 0.381. The predicted octanol–water partition coefficient (Wildman–Crippen LogP) is 2.89. The second-order valence-corrected chi connectivity index (χ2v) is 4.90. The molecule has 0 fully saturated rings. The minimum absolute atomic E-state index is 0.172. The maximum atomic E-state index is 13.6. The van der Waals surface area contributed by atoms with Crippen LogP contribution in [0.4, 0.5) is 4.39 Å². The van der Waals surface area contributed by atoms with Gasteiger partial charge in [-0.2, -0.15) is 0 Å². The summed E-state index contributed by atoms with van der Waals surface area (Å²) in [5.74, 6) is -0.212. The zero-order chi connectivity index (χ0) is 12.2. The quantitative estimate of drug-likeness (QED) is 0.832. The van der Waals surface area contributed by atoms with E-state index in [1.807, 2.05) is 0 Å². The smallest absolute Gasteiger partial charge is 0.145 e. The van der Waals surface area contributed by atoms with Crippen LogP contribution in [-0.4, -0.2) is 17.6 Å². The molecular formula is C13H21FN2. The molecule has 0 bridgehead atoms. The summed E-state index contributed by atoms with van der Waals surface area (Å²) in [6.07, 6.45) is 3.84. The third kappa shape index (κ3) is 3.27. The molecule has 90 valence electrons. The highest BCUT2D eigenvalue weighted by Gasteiger charge is 2.25. The molecule has 0 saturated heterocycles. The van der Waals surface area contributed by atoms with Gasteiger partial charge in [-0.25, -0.2) is 4.39 Å². The van der Waals surface area contributed by atoms with Gasteiger partial charge in [0.1, 0.15) is 5.82 Å². The van der Waals surface area contributed by atoms with Gasteiger partial charge in [0.2, 0.25) is 0 Å². The predicted molar refractivity (Wildman–Crippen MR) is 65.0 cm³/mol. The van der Waals surface area contributed by atoms with Crippen molar-refractivity contribution in [2.75, 3.05) is 6.54 Å². The van der Waals surface area contributed by atoms with Crippen molar-refractivity contribution in [3.8, 4) is 0 Å². The van der Waals surface area contributed by atoms with Crippen molar-refractivity contribution >= 4 is 0 Å². The Morgan fingerprint density at radius 2 is 2.19 bits per heavy atom. The molecule has 0 aliphatic carbocycles. The van der Waals surface area contributed by atoms with Crippen molar-refractivity contribution in [3.63, 3.8) is 0 Å². The Bertz CT molecular complexity index is 336. The van der Waals surface area contributed by atoms with Crippen LogP contribution in [0.15, 0.2) is 18.5 Å². The molecule has 1 N–H and O–H groups in total. The van der Waals surface area contributed by atoms with Gasteiger partial charge in [-0.05, 0) is 36.9 Å². The second-order valence-electron chi connectivity index (χ2n) is 4.90. The van der Waals surface area contributed by atoms with Crippen LogP contribution < -0.4 is 5.32 Å². The normalized spacial score (nSPS) is 13.8. The molecule has 16 heavy (non-hydrogen) atoms. The Hall–Kier alpha value is -0.960. The van der Waals surface area contributed by atoms with Crippen molar-refractivity contribution in [2.45, 2.75) is 45.6 Å². The van der Waals surface area contributed by atoms with E-state index < -0.39 is 0 Å². The first-order chi connectivity index (χ1) is 7.47. The van der Waals surface area contributed by atoms with E-state index in [1.54, 1.807) is 12.3 Å². The topological polar surface area (TPSA) is 24.9 Å². The van der Waals surface area contributed by atoms with Crippen LogP contribution in [-0.2, 0) is 5.41 Å². The largest absolute Gasteiger partial charge is 0.315 e. The average molecular weight is 224 g/mol. The number of nitrogens with zero attached hydrogens (tertiary/aromatic N) is 1. The number of hydrogen-bond donors (Lipinski definition) is 1. The highest BCUT2D eigenvalue weighted by molar-refractivity contribution is 5.22. The number of pyridine rings is 1. The molecule has 1 rings (SSSR count). The molecule has 1 aromatic rings. The molecule has 2 nitrogen and oxygen atoms in total. The van der Waals surface area contributed by atoms with E-state index >= 15 is 0 Å². The van der Waals surface area contributed by atoms with Crippen LogP contribution in [0, 0.1) is 5.82 Å². The highest BCUT2D eigenvalue weighted by atomic mass is 19.1. The molecule has 3 heteroatoms. The monoisotopic (exact) mass is 224 g/mol. The van der Waals surface area contributed by atoms with Gasteiger partial charge in [0.15, 0.2) is 0 Å². The summed E-state index contributed by atoms with van der Waals surface area (Å²) >= 11 is 0. The molecule has 1 heterocycles. The van der Waals surface area contributed by atoms with Gasteiger partial charge in [0.05, 0.1) is 6.20 Å². The van der Waals surface area contributed by atoms with E-state index in [4.69, 9.17) is 0 Å². The summed E-state index contributed by atoms with van der Waals surface area (Å²) < 4.78 is 13.6. The fraction of sp³-hybridized carbons (Fsp3) is 0.615. The number of aromatic nitrogens is 1. The van der Waals surface area contributed by atoms with Gasteiger partial charge < -0.3 is 5.32 Å². The summed E-state index contributed by atoms with van der Waals surface area (Å²) in [5, 5.41) is 3.35. The molecule has 1 aromatic heterocycles. The maximum absolute atomic E-state index is 13.6. The van der Waals surface area contributed by atoms with Crippen LogP contribution in [0.25, 0.3) is 0 Å². The SMILES string of the molecule is CCNC(C)CC(C)(C)c1ccncc1F. The summed E-state index contributed by atoms with van der Waals surface area (Å²) in [6, 6.07) is 2.15. The van der Waals surface area contributed by atoms with Crippen molar-refractivity contribution in [1.82, 2.24) is 10.3 Å². The molecule has 0 aliphatic heterocycles. The summed E-state index contributed by atoms with van der Waals surface area (Å²) in [4.78, 5) is 3.78. The Kier molecular flexibility index (Phi) is 4.42. The zero-order valence-corrected chi connectivity index (χ0v) is 10.5. The van der Waals surface area contributed by atoms with Crippen LogP contribution in [0.2, 0.25) is 0 Å². The first-order valence-corrected chi connectivity index (χ1v) is 5.80. The van der Waals surface area contributed by atoms with E-state index in [0.717, 1.165) is 18.5 Å². The first kappa shape index (κ1) is 13.1. The maximum Gasteiger partial charge on any atom is 0.145 e. The second kappa shape index (κ2) is 5.39. The van der Waals surface area contributed by atoms with Crippen LogP contribution in [0.3, 0.4) is 0 Å². The summed E-state index contributed by atoms with van der Waals surface area (Å²) in [7, 11) is 0. The van der Waals surface area contributed by atoms with E-state index in [-0.39, 0.29) is 11.2 Å². The van der Waals surface area contributed by atoms with Crippen molar-refractivity contribution in [3.05, 3.63) is 29.8 Å². The minimum atomic E-state index is -0.212. The Morgan fingerprint density at radius 1 is 1.50 bits per heavy atom. The number of halogens is 1. The van der Waals surface area contributed by atoms with Gasteiger partial charge in [-0.1, -0.05) is 20.8 Å². The lowest BCUT2D eigenvalue weighted by atomic mass is 9.79. The third-order valence-electron chi connectivity index (χ3n) is 2.87. The van der Waals surface area contributed by atoms with E-state index in [0.29, 0.717) is 6.04 Å². The molecule has 1 atom stereocenters. The van der Waals surface area contributed by atoms with E-state index in [2.05, 4.69) is 38.0 Å². The number of hydrogen-bond acceptors (Lipinski definition) is 2. The lowest BCUT2D eigenvalue weighted by Gasteiger charge is -2.29. The Labute approximate surface area is 97.3 Å². The molecule has 0 amide bonds. The molecule has 0 spiro atoms. The first-order valence-electron chi connectivity index (χ1n) is 5.80. The lowest BCUT2D eigenvalue weighted by Crippen LogP contribution is -2.33.